The molecule has 2 unspecified atom stereocenters. The second kappa shape index (κ2) is 9.85. The van der Waals surface area contributed by atoms with Crippen molar-refractivity contribution in [2.45, 2.75) is 44.2 Å². The van der Waals surface area contributed by atoms with Gasteiger partial charge in [-0.15, -0.1) is 0 Å². The van der Waals surface area contributed by atoms with E-state index in [2.05, 4.69) is 22.8 Å². The molecule has 2 atom stereocenters. The summed E-state index contributed by atoms with van der Waals surface area (Å²) in [5.41, 5.74) is 3.26. The molecule has 1 aliphatic heterocycles. The van der Waals surface area contributed by atoms with Gasteiger partial charge >= 0.3 is 12.1 Å². The lowest BCUT2D eigenvalue weighted by molar-refractivity contribution is -0.142. The van der Waals surface area contributed by atoms with Gasteiger partial charge in [-0.25, -0.2) is 4.79 Å². The molecular formula is C26H30N2O6. The molecule has 1 saturated heterocycles. The van der Waals surface area contributed by atoms with Crippen LogP contribution in [0.5, 0.6) is 0 Å². The largest absolute Gasteiger partial charge is 0.481 e. The number of alkyl carbamates (subject to hydrolysis) is 1. The van der Waals surface area contributed by atoms with E-state index < -0.39 is 35.5 Å². The van der Waals surface area contributed by atoms with Gasteiger partial charge in [-0.3, -0.25) is 9.59 Å². The fourth-order valence-corrected chi connectivity index (χ4v) is 4.64. The van der Waals surface area contributed by atoms with E-state index in [4.69, 9.17) is 9.47 Å². The van der Waals surface area contributed by atoms with Crippen LogP contribution >= 0.6 is 0 Å². The maximum atomic E-state index is 13.2. The van der Waals surface area contributed by atoms with Gasteiger partial charge in [0.25, 0.3) is 0 Å². The number of carboxylic acids is 1. The molecule has 34 heavy (non-hydrogen) atoms. The van der Waals surface area contributed by atoms with E-state index in [0.29, 0.717) is 13.2 Å². The van der Waals surface area contributed by atoms with Crippen LogP contribution in [0.25, 0.3) is 11.1 Å². The number of benzene rings is 2. The third kappa shape index (κ3) is 4.63. The lowest BCUT2D eigenvalue weighted by Gasteiger charge is -2.37. The molecule has 4 rings (SSSR count). The number of rotatable bonds is 7. The Bertz CT molecular complexity index is 1030. The van der Waals surface area contributed by atoms with E-state index >= 15 is 0 Å². The van der Waals surface area contributed by atoms with Crippen molar-refractivity contribution in [3.8, 4) is 11.1 Å². The Kier molecular flexibility index (Phi) is 6.88. The number of hydrogen-bond donors (Lipinski definition) is 3. The predicted molar refractivity (Wildman–Crippen MR) is 125 cm³/mol. The summed E-state index contributed by atoms with van der Waals surface area (Å²) in [5.74, 6) is -2.28. The molecule has 2 aromatic carbocycles. The fraction of sp³-hybridized carbons (Fsp3) is 0.423. The smallest absolute Gasteiger partial charge is 0.408 e. The Hall–Kier alpha value is -3.39. The number of nitrogens with one attached hydrogen (secondary N) is 2. The zero-order valence-electron chi connectivity index (χ0n) is 19.4. The summed E-state index contributed by atoms with van der Waals surface area (Å²) >= 11 is 0. The minimum Gasteiger partial charge on any atom is -0.481 e. The van der Waals surface area contributed by atoms with E-state index in [9.17, 15) is 19.5 Å². The Morgan fingerprint density at radius 1 is 1.03 bits per heavy atom. The number of aliphatic carboxylic acids is 1. The zero-order valence-corrected chi connectivity index (χ0v) is 19.4. The highest BCUT2D eigenvalue weighted by Crippen LogP contribution is 2.44. The number of carbonyl (C=O) groups excluding carboxylic acids is 2. The summed E-state index contributed by atoms with van der Waals surface area (Å²) in [7, 11) is 0. The number of amides is 2. The van der Waals surface area contributed by atoms with E-state index in [-0.39, 0.29) is 25.4 Å². The lowest BCUT2D eigenvalue weighted by atomic mass is 9.88. The van der Waals surface area contributed by atoms with Gasteiger partial charge in [-0.2, -0.15) is 0 Å². The Morgan fingerprint density at radius 2 is 1.59 bits per heavy atom. The van der Waals surface area contributed by atoms with Gasteiger partial charge in [-0.05, 0) is 36.1 Å². The minimum absolute atomic E-state index is 0.0888. The standard InChI is InChI=1S/C26H30N2O6/c1-16(23(29)30)17(2)27-24(31)26(11-13-33-14-12-26)28-25(32)34-15-22-20-9-5-3-7-18(20)19-8-4-6-10-21(19)22/h3-10,16-17,22H,11-15H2,1-2H3,(H,27,31)(H,28,32)(H,29,30). The first kappa shape index (κ1) is 23.8. The lowest BCUT2D eigenvalue weighted by Crippen LogP contribution is -2.63. The third-order valence-electron chi connectivity index (χ3n) is 6.96. The summed E-state index contributed by atoms with van der Waals surface area (Å²) in [6.45, 7) is 3.92. The van der Waals surface area contributed by atoms with Crippen LogP contribution in [0, 0.1) is 5.92 Å². The average molecular weight is 467 g/mol. The second-order valence-corrected chi connectivity index (χ2v) is 9.03. The molecule has 2 aliphatic rings. The molecule has 180 valence electrons. The fourth-order valence-electron chi connectivity index (χ4n) is 4.64. The summed E-state index contributed by atoms with van der Waals surface area (Å²) in [6, 6.07) is 15.5. The van der Waals surface area contributed by atoms with Crippen LogP contribution in [0.3, 0.4) is 0 Å². The van der Waals surface area contributed by atoms with Crippen molar-refractivity contribution in [2.24, 2.45) is 5.92 Å². The van der Waals surface area contributed by atoms with E-state index in [1.165, 1.54) is 6.92 Å². The van der Waals surface area contributed by atoms with Crippen LogP contribution in [-0.2, 0) is 19.1 Å². The molecule has 8 nitrogen and oxygen atoms in total. The second-order valence-electron chi connectivity index (χ2n) is 9.03. The van der Waals surface area contributed by atoms with Crippen molar-refractivity contribution in [3.63, 3.8) is 0 Å². The van der Waals surface area contributed by atoms with Crippen LogP contribution in [0.1, 0.15) is 43.7 Å². The molecule has 8 heteroatoms. The molecule has 3 N–H and O–H groups in total. The molecule has 0 saturated carbocycles. The van der Waals surface area contributed by atoms with Crippen molar-refractivity contribution in [1.29, 1.82) is 0 Å². The average Bonchev–Trinajstić information content (AvgIpc) is 3.16. The Balaban J connectivity index is 1.45. The first-order valence-corrected chi connectivity index (χ1v) is 11.6. The van der Waals surface area contributed by atoms with Gasteiger partial charge in [0, 0.05) is 38.0 Å². The van der Waals surface area contributed by atoms with Crippen molar-refractivity contribution < 1.29 is 29.0 Å². The highest BCUT2D eigenvalue weighted by Gasteiger charge is 2.43. The summed E-state index contributed by atoms with van der Waals surface area (Å²) < 4.78 is 11.0. The van der Waals surface area contributed by atoms with Crippen molar-refractivity contribution in [2.75, 3.05) is 19.8 Å². The Morgan fingerprint density at radius 3 is 2.15 bits per heavy atom. The molecule has 2 aromatic rings. The molecule has 0 radical (unpaired) electrons. The number of hydrogen-bond acceptors (Lipinski definition) is 5. The molecule has 0 aromatic heterocycles. The van der Waals surface area contributed by atoms with E-state index in [0.717, 1.165) is 22.3 Å². The van der Waals surface area contributed by atoms with E-state index in [1.54, 1.807) is 6.92 Å². The van der Waals surface area contributed by atoms with Crippen LogP contribution in [0.2, 0.25) is 0 Å². The van der Waals surface area contributed by atoms with Gasteiger partial charge in [0.1, 0.15) is 12.1 Å². The van der Waals surface area contributed by atoms with Gasteiger partial charge in [0.15, 0.2) is 0 Å². The van der Waals surface area contributed by atoms with Crippen LogP contribution in [0.15, 0.2) is 48.5 Å². The summed E-state index contributed by atoms with van der Waals surface area (Å²) in [6.07, 6.45) is -0.133. The maximum Gasteiger partial charge on any atom is 0.408 e. The summed E-state index contributed by atoms with van der Waals surface area (Å²) in [5, 5.41) is 14.8. The van der Waals surface area contributed by atoms with Crippen molar-refractivity contribution in [3.05, 3.63) is 59.7 Å². The molecule has 1 aliphatic carbocycles. The molecular weight excluding hydrogens is 436 g/mol. The molecule has 2 amide bonds. The highest BCUT2D eigenvalue weighted by atomic mass is 16.5. The van der Waals surface area contributed by atoms with E-state index in [1.807, 2.05) is 36.4 Å². The number of fused-ring (bicyclic) bond motifs is 3. The van der Waals surface area contributed by atoms with Gasteiger partial charge < -0.3 is 25.2 Å². The molecule has 0 bridgehead atoms. The highest BCUT2D eigenvalue weighted by molar-refractivity contribution is 5.90. The van der Waals surface area contributed by atoms with Gasteiger partial charge in [-0.1, -0.05) is 48.5 Å². The van der Waals surface area contributed by atoms with Crippen LogP contribution in [-0.4, -0.2) is 54.5 Å². The SMILES string of the molecule is CC(NC(=O)C1(NC(=O)OCC2c3ccccc3-c3ccccc32)CCOCC1)C(C)C(=O)O. The number of carboxylic acid groups (broad SMARTS) is 1. The zero-order chi connectivity index (χ0) is 24.3. The van der Waals surface area contributed by atoms with Gasteiger partial charge in [0.2, 0.25) is 5.91 Å². The quantitative estimate of drug-likeness (QED) is 0.577. The van der Waals surface area contributed by atoms with Crippen molar-refractivity contribution in [1.82, 2.24) is 10.6 Å². The topological polar surface area (TPSA) is 114 Å². The minimum atomic E-state index is -1.21. The molecule has 1 heterocycles. The monoisotopic (exact) mass is 466 g/mol. The summed E-state index contributed by atoms with van der Waals surface area (Å²) in [4.78, 5) is 37.3. The first-order chi connectivity index (χ1) is 16.3. The predicted octanol–water partition coefficient (Wildman–Crippen LogP) is 3.30. The van der Waals surface area contributed by atoms with Crippen LogP contribution in [0.4, 0.5) is 4.79 Å². The molecule has 1 fully saturated rings. The normalized spacial score (nSPS) is 18.2. The van der Waals surface area contributed by atoms with Gasteiger partial charge in [0.05, 0.1) is 5.92 Å². The first-order valence-electron chi connectivity index (χ1n) is 11.6. The molecule has 0 spiro atoms. The third-order valence-corrected chi connectivity index (χ3v) is 6.96. The van der Waals surface area contributed by atoms with Crippen LogP contribution < -0.4 is 10.6 Å². The van der Waals surface area contributed by atoms with Crippen molar-refractivity contribution >= 4 is 18.0 Å². The Labute approximate surface area is 198 Å². The number of carbonyl (C=O) groups is 3. The number of ether oxygens (including phenoxy) is 2. The maximum absolute atomic E-state index is 13.2.